The van der Waals surface area contributed by atoms with Crippen molar-refractivity contribution >= 4 is 27.8 Å². The van der Waals surface area contributed by atoms with Gasteiger partial charge in [0.2, 0.25) is 0 Å². The summed E-state index contributed by atoms with van der Waals surface area (Å²) in [5.74, 6) is -1.29. The number of fused-ring (bicyclic) bond motifs is 1. The molecular formula is C23H26BrNO5. The number of halogens is 1. The minimum absolute atomic E-state index is 0.200. The van der Waals surface area contributed by atoms with Crippen LogP contribution in [0.25, 0.3) is 0 Å². The van der Waals surface area contributed by atoms with Crippen molar-refractivity contribution in [2.45, 2.75) is 31.7 Å². The second kappa shape index (κ2) is 9.51. The van der Waals surface area contributed by atoms with E-state index in [0.717, 1.165) is 22.9 Å². The first-order chi connectivity index (χ1) is 14.5. The summed E-state index contributed by atoms with van der Waals surface area (Å²) in [5.41, 5.74) is 2.76. The highest BCUT2D eigenvalue weighted by Crippen LogP contribution is 2.46. The normalized spacial score (nSPS) is 18.1. The fourth-order valence-corrected chi connectivity index (χ4v) is 4.28. The Balaban J connectivity index is 2.22. The molecule has 0 spiro atoms. The van der Waals surface area contributed by atoms with E-state index in [-0.39, 0.29) is 5.91 Å². The average molecular weight is 476 g/mol. The summed E-state index contributed by atoms with van der Waals surface area (Å²) in [5, 5.41) is 10.9. The predicted octanol–water partition coefficient (Wildman–Crippen LogP) is 4.42. The summed E-state index contributed by atoms with van der Waals surface area (Å²) >= 11 is 3.42. The number of aliphatic carboxylic acids is 1. The van der Waals surface area contributed by atoms with Crippen LogP contribution in [0.1, 0.15) is 52.4 Å². The molecule has 0 aromatic heterocycles. The standard InChI is InChI=1S/C23H26BrNO5/c1-4-14-6-8-15(9-7-14)21-20(23(27)28)16-12-18(29-2)19(30-3)13-17(16)22(26)25(21)11-5-10-24/h6-9,12-13,20-21H,4-5,10-11H2,1-3H3,(H,27,28)/t20-,21-/m1/s1. The van der Waals surface area contributed by atoms with Crippen molar-refractivity contribution < 1.29 is 24.2 Å². The molecule has 7 heteroatoms. The van der Waals surface area contributed by atoms with Crippen LogP contribution in [-0.2, 0) is 11.2 Å². The Kier molecular flexibility index (Phi) is 7.02. The third-order valence-corrected chi connectivity index (χ3v) is 6.12. The van der Waals surface area contributed by atoms with Gasteiger partial charge in [-0.3, -0.25) is 9.59 Å². The molecule has 1 aliphatic rings. The van der Waals surface area contributed by atoms with Gasteiger partial charge >= 0.3 is 5.97 Å². The lowest BCUT2D eigenvalue weighted by atomic mass is 9.79. The molecule has 0 saturated carbocycles. The molecule has 1 amide bonds. The Bertz CT molecular complexity index is 928. The molecule has 30 heavy (non-hydrogen) atoms. The van der Waals surface area contributed by atoms with Crippen molar-refractivity contribution in [1.29, 1.82) is 0 Å². The van der Waals surface area contributed by atoms with E-state index in [0.29, 0.717) is 35.6 Å². The number of rotatable bonds is 8. The Morgan fingerprint density at radius 2 is 1.77 bits per heavy atom. The van der Waals surface area contributed by atoms with Crippen LogP contribution in [0.15, 0.2) is 36.4 Å². The molecule has 1 N–H and O–H groups in total. The zero-order valence-corrected chi connectivity index (χ0v) is 18.9. The molecule has 0 radical (unpaired) electrons. The number of carbonyl (C=O) groups is 2. The van der Waals surface area contributed by atoms with Gasteiger partial charge in [0, 0.05) is 17.4 Å². The van der Waals surface area contributed by atoms with Crippen LogP contribution in [0, 0.1) is 0 Å². The second-order valence-corrected chi connectivity index (χ2v) is 7.98. The quantitative estimate of drug-likeness (QED) is 0.571. The third kappa shape index (κ3) is 4.03. The van der Waals surface area contributed by atoms with Crippen molar-refractivity contribution in [2.75, 3.05) is 26.1 Å². The highest BCUT2D eigenvalue weighted by molar-refractivity contribution is 9.09. The van der Waals surface area contributed by atoms with Crippen LogP contribution in [-0.4, -0.2) is 48.0 Å². The van der Waals surface area contributed by atoms with Crippen molar-refractivity contribution in [3.63, 3.8) is 0 Å². The number of ether oxygens (including phenoxy) is 2. The van der Waals surface area contributed by atoms with Crippen LogP contribution >= 0.6 is 15.9 Å². The molecule has 3 rings (SSSR count). The predicted molar refractivity (Wildman–Crippen MR) is 118 cm³/mol. The Labute approximate surface area is 184 Å². The number of alkyl halides is 1. The smallest absolute Gasteiger partial charge is 0.313 e. The largest absolute Gasteiger partial charge is 0.493 e. The van der Waals surface area contributed by atoms with Crippen LogP contribution in [0.4, 0.5) is 0 Å². The third-order valence-electron chi connectivity index (χ3n) is 5.56. The molecule has 0 aliphatic carbocycles. The van der Waals surface area contributed by atoms with Crippen LogP contribution in [0.3, 0.4) is 0 Å². The second-order valence-electron chi connectivity index (χ2n) is 7.19. The van der Waals surface area contributed by atoms with Crippen LogP contribution in [0.2, 0.25) is 0 Å². The van der Waals surface area contributed by atoms with E-state index < -0.39 is 17.9 Å². The minimum Gasteiger partial charge on any atom is -0.493 e. The lowest BCUT2D eigenvalue weighted by molar-refractivity contribution is -0.140. The maximum atomic E-state index is 13.5. The Hall–Kier alpha value is -2.54. The monoisotopic (exact) mass is 475 g/mol. The number of benzene rings is 2. The lowest BCUT2D eigenvalue weighted by Crippen LogP contribution is -2.45. The number of carboxylic acids is 1. The van der Waals surface area contributed by atoms with E-state index in [9.17, 15) is 14.7 Å². The van der Waals surface area contributed by atoms with Gasteiger partial charge in [0.1, 0.15) is 5.92 Å². The number of hydrogen-bond acceptors (Lipinski definition) is 4. The molecule has 160 valence electrons. The van der Waals surface area contributed by atoms with E-state index in [4.69, 9.17) is 9.47 Å². The van der Waals surface area contributed by atoms with Gasteiger partial charge in [-0.15, -0.1) is 0 Å². The van der Waals surface area contributed by atoms with Gasteiger partial charge < -0.3 is 19.5 Å². The first-order valence-corrected chi connectivity index (χ1v) is 11.0. The maximum Gasteiger partial charge on any atom is 0.313 e. The first kappa shape index (κ1) is 22.2. The molecular weight excluding hydrogens is 450 g/mol. The first-order valence-electron chi connectivity index (χ1n) is 9.91. The number of hydrogen-bond donors (Lipinski definition) is 1. The van der Waals surface area contributed by atoms with E-state index >= 15 is 0 Å². The number of methoxy groups -OCH3 is 2. The molecule has 6 nitrogen and oxygen atoms in total. The number of amides is 1. The van der Waals surface area contributed by atoms with Crippen LogP contribution < -0.4 is 9.47 Å². The van der Waals surface area contributed by atoms with E-state index in [1.54, 1.807) is 17.0 Å². The average Bonchev–Trinajstić information content (AvgIpc) is 2.77. The molecule has 2 aromatic rings. The summed E-state index contributed by atoms with van der Waals surface area (Å²) < 4.78 is 10.7. The maximum absolute atomic E-state index is 13.5. The van der Waals surface area contributed by atoms with Gasteiger partial charge in [0.25, 0.3) is 5.91 Å². The zero-order valence-electron chi connectivity index (χ0n) is 17.4. The molecule has 2 atom stereocenters. The molecule has 0 bridgehead atoms. The molecule has 2 aromatic carbocycles. The number of aryl methyl sites for hydroxylation is 1. The summed E-state index contributed by atoms with van der Waals surface area (Å²) in [6.07, 6.45) is 1.60. The van der Waals surface area contributed by atoms with Crippen LogP contribution in [0.5, 0.6) is 11.5 Å². The van der Waals surface area contributed by atoms with Gasteiger partial charge in [0.15, 0.2) is 11.5 Å². The fraction of sp³-hybridized carbons (Fsp3) is 0.391. The molecule has 0 saturated heterocycles. The SMILES string of the molecule is CCc1ccc([C@@H]2[C@H](C(=O)O)c3cc(OC)c(OC)cc3C(=O)N2CCCBr)cc1. The van der Waals surface area contributed by atoms with Gasteiger partial charge in [-0.1, -0.05) is 47.1 Å². The fourth-order valence-electron chi connectivity index (χ4n) is 4.03. The Morgan fingerprint density at radius 3 is 2.30 bits per heavy atom. The molecule has 1 heterocycles. The topological polar surface area (TPSA) is 76.1 Å². The summed E-state index contributed by atoms with van der Waals surface area (Å²) in [4.78, 5) is 27.6. The van der Waals surface area contributed by atoms with Crippen molar-refractivity contribution in [3.05, 3.63) is 58.7 Å². The Morgan fingerprint density at radius 1 is 1.13 bits per heavy atom. The summed E-state index contributed by atoms with van der Waals surface area (Å²) in [6, 6.07) is 10.4. The number of carbonyl (C=O) groups excluding carboxylic acids is 1. The number of carboxylic acid groups (broad SMARTS) is 1. The number of nitrogens with zero attached hydrogens (tertiary/aromatic N) is 1. The summed E-state index contributed by atoms with van der Waals surface area (Å²) in [7, 11) is 2.99. The van der Waals surface area contributed by atoms with Gasteiger partial charge in [-0.2, -0.15) is 0 Å². The van der Waals surface area contributed by atoms with Crippen molar-refractivity contribution in [2.24, 2.45) is 0 Å². The highest BCUT2D eigenvalue weighted by atomic mass is 79.9. The van der Waals surface area contributed by atoms with Gasteiger partial charge in [-0.25, -0.2) is 0 Å². The molecule has 0 unspecified atom stereocenters. The van der Waals surface area contributed by atoms with E-state index in [2.05, 4.69) is 22.9 Å². The highest BCUT2D eigenvalue weighted by Gasteiger charge is 2.44. The van der Waals surface area contributed by atoms with E-state index in [1.807, 2.05) is 24.3 Å². The van der Waals surface area contributed by atoms with Crippen molar-refractivity contribution in [3.8, 4) is 11.5 Å². The minimum atomic E-state index is -0.982. The molecule has 0 fully saturated rings. The summed E-state index contributed by atoms with van der Waals surface area (Å²) in [6.45, 7) is 2.51. The van der Waals surface area contributed by atoms with Gasteiger partial charge in [-0.05, 0) is 41.7 Å². The molecule has 1 aliphatic heterocycles. The van der Waals surface area contributed by atoms with E-state index in [1.165, 1.54) is 14.2 Å². The lowest BCUT2D eigenvalue weighted by Gasteiger charge is -2.41. The zero-order chi connectivity index (χ0) is 21.8. The van der Waals surface area contributed by atoms with Crippen molar-refractivity contribution in [1.82, 2.24) is 4.90 Å². The van der Waals surface area contributed by atoms with Gasteiger partial charge in [0.05, 0.1) is 20.3 Å².